The molecular formula is C12H19FN2. The Balaban J connectivity index is 2.35. The maximum Gasteiger partial charge on any atom is 0.123 e. The summed E-state index contributed by atoms with van der Waals surface area (Å²) in [5.41, 5.74) is 6.81. The lowest BCUT2D eigenvalue weighted by Gasteiger charge is -2.22. The first kappa shape index (κ1) is 12.1. The third-order valence-corrected chi connectivity index (χ3v) is 2.40. The molecule has 0 radical (unpaired) electrons. The van der Waals surface area contributed by atoms with Crippen molar-refractivity contribution in [2.24, 2.45) is 11.1 Å². The van der Waals surface area contributed by atoms with Crippen LogP contribution in [0.25, 0.3) is 0 Å². The average molecular weight is 210 g/mol. The van der Waals surface area contributed by atoms with Crippen molar-refractivity contribution >= 4 is 0 Å². The van der Waals surface area contributed by atoms with Crippen molar-refractivity contribution in [3.8, 4) is 0 Å². The minimum Gasteiger partial charge on any atom is -0.330 e. The van der Waals surface area contributed by atoms with Crippen LogP contribution in [0.1, 0.15) is 19.4 Å². The van der Waals surface area contributed by atoms with Crippen LogP contribution >= 0.6 is 0 Å². The third kappa shape index (κ3) is 4.40. The number of hydrogen-bond acceptors (Lipinski definition) is 2. The van der Waals surface area contributed by atoms with E-state index in [0.717, 1.165) is 18.7 Å². The van der Waals surface area contributed by atoms with Crippen molar-refractivity contribution in [1.29, 1.82) is 0 Å². The number of benzene rings is 1. The zero-order valence-electron chi connectivity index (χ0n) is 9.39. The fourth-order valence-corrected chi connectivity index (χ4v) is 1.22. The van der Waals surface area contributed by atoms with Gasteiger partial charge in [-0.05, 0) is 29.7 Å². The molecule has 0 atom stereocenters. The summed E-state index contributed by atoms with van der Waals surface area (Å²) in [4.78, 5) is 0. The summed E-state index contributed by atoms with van der Waals surface area (Å²) in [6, 6.07) is 6.53. The molecule has 0 saturated carbocycles. The van der Waals surface area contributed by atoms with E-state index in [9.17, 15) is 4.39 Å². The molecule has 1 rings (SSSR count). The van der Waals surface area contributed by atoms with E-state index < -0.39 is 0 Å². The molecule has 0 amide bonds. The van der Waals surface area contributed by atoms with E-state index in [-0.39, 0.29) is 11.2 Å². The fraction of sp³-hybridized carbons (Fsp3) is 0.500. The molecule has 0 aliphatic carbocycles. The van der Waals surface area contributed by atoms with Crippen molar-refractivity contribution in [3.05, 3.63) is 35.6 Å². The summed E-state index contributed by atoms with van der Waals surface area (Å²) in [5, 5.41) is 3.31. The van der Waals surface area contributed by atoms with Gasteiger partial charge in [-0.3, -0.25) is 0 Å². The number of halogens is 1. The second kappa shape index (κ2) is 5.24. The van der Waals surface area contributed by atoms with Gasteiger partial charge in [-0.25, -0.2) is 4.39 Å². The minimum absolute atomic E-state index is 0.111. The van der Waals surface area contributed by atoms with Gasteiger partial charge in [0.15, 0.2) is 0 Å². The molecule has 15 heavy (non-hydrogen) atoms. The maximum absolute atomic E-state index is 12.6. The molecule has 0 fully saturated rings. The highest BCUT2D eigenvalue weighted by molar-refractivity contribution is 5.15. The molecular weight excluding hydrogens is 191 g/mol. The highest BCUT2D eigenvalue weighted by atomic mass is 19.1. The molecule has 0 bridgehead atoms. The average Bonchev–Trinajstić information content (AvgIpc) is 2.21. The molecule has 0 aliphatic rings. The van der Waals surface area contributed by atoms with E-state index in [2.05, 4.69) is 19.2 Å². The quantitative estimate of drug-likeness (QED) is 0.779. The van der Waals surface area contributed by atoms with E-state index >= 15 is 0 Å². The fourth-order valence-electron chi connectivity index (χ4n) is 1.22. The molecule has 0 heterocycles. The van der Waals surface area contributed by atoms with Gasteiger partial charge < -0.3 is 11.1 Å². The van der Waals surface area contributed by atoms with E-state index in [1.54, 1.807) is 12.1 Å². The van der Waals surface area contributed by atoms with Crippen LogP contribution in [0.3, 0.4) is 0 Å². The summed E-state index contributed by atoms with van der Waals surface area (Å²) in [5.74, 6) is -0.193. The van der Waals surface area contributed by atoms with Gasteiger partial charge in [0.1, 0.15) is 5.82 Å². The Kier molecular flexibility index (Phi) is 4.24. The van der Waals surface area contributed by atoms with E-state index in [1.165, 1.54) is 12.1 Å². The van der Waals surface area contributed by atoms with Gasteiger partial charge in [-0.1, -0.05) is 26.0 Å². The zero-order valence-corrected chi connectivity index (χ0v) is 9.39. The molecule has 0 saturated heterocycles. The lowest BCUT2D eigenvalue weighted by molar-refractivity contribution is 0.351. The van der Waals surface area contributed by atoms with Gasteiger partial charge in [0.25, 0.3) is 0 Å². The summed E-state index contributed by atoms with van der Waals surface area (Å²) < 4.78 is 12.6. The van der Waals surface area contributed by atoms with E-state index in [4.69, 9.17) is 5.73 Å². The molecule has 0 aromatic heterocycles. The predicted molar refractivity (Wildman–Crippen MR) is 60.9 cm³/mol. The van der Waals surface area contributed by atoms with Gasteiger partial charge >= 0.3 is 0 Å². The Morgan fingerprint density at radius 2 is 1.87 bits per heavy atom. The number of nitrogens with one attached hydrogen (secondary N) is 1. The van der Waals surface area contributed by atoms with Crippen molar-refractivity contribution in [3.63, 3.8) is 0 Å². The standard InChI is InChI=1S/C12H19FN2/c1-12(2,8-14)9-15-7-10-3-5-11(13)6-4-10/h3-6,15H,7-9,14H2,1-2H3. The Hall–Kier alpha value is -0.930. The van der Waals surface area contributed by atoms with Crippen molar-refractivity contribution in [2.75, 3.05) is 13.1 Å². The molecule has 0 unspecified atom stereocenters. The van der Waals surface area contributed by atoms with Gasteiger partial charge in [-0.2, -0.15) is 0 Å². The number of rotatable bonds is 5. The Bertz CT molecular complexity index is 293. The van der Waals surface area contributed by atoms with Crippen molar-refractivity contribution in [1.82, 2.24) is 5.32 Å². The second-order valence-corrected chi connectivity index (χ2v) is 4.60. The predicted octanol–water partition coefficient (Wildman–Crippen LogP) is 1.90. The first-order valence-corrected chi connectivity index (χ1v) is 5.19. The number of nitrogens with two attached hydrogens (primary N) is 1. The topological polar surface area (TPSA) is 38.0 Å². The Morgan fingerprint density at radius 1 is 1.27 bits per heavy atom. The van der Waals surface area contributed by atoms with E-state index in [0.29, 0.717) is 6.54 Å². The van der Waals surface area contributed by atoms with Gasteiger partial charge in [0.05, 0.1) is 0 Å². The molecule has 0 aliphatic heterocycles. The SMILES string of the molecule is CC(C)(CN)CNCc1ccc(F)cc1. The molecule has 1 aromatic carbocycles. The molecule has 0 spiro atoms. The van der Waals surface area contributed by atoms with Crippen LogP contribution in [-0.4, -0.2) is 13.1 Å². The Labute approximate surface area is 90.7 Å². The van der Waals surface area contributed by atoms with Crippen LogP contribution in [0.4, 0.5) is 4.39 Å². The molecule has 3 heteroatoms. The molecule has 3 N–H and O–H groups in total. The second-order valence-electron chi connectivity index (χ2n) is 4.60. The van der Waals surface area contributed by atoms with E-state index in [1.807, 2.05) is 0 Å². The van der Waals surface area contributed by atoms with Gasteiger partial charge in [-0.15, -0.1) is 0 Å². The largest absolute Gasteiger partial charge is 0.330 e. The first-order chi connectivity index (χ1) is 7.03. The zero-order chi connectivity index (χ0) is 11.3. The lowest BCUT2D eigenvalue weighted by Crippen LogP contribution is -2.35. The highest BCUT2D eigenvalue weighted by Gasteiger charge is 2.14. The summed E-state index contributed by atoms with van der Waals surface area (Å²) >= 11 is 0. The smallest absolute Gasteiger partial charge is 0.123 e. The van der Waals surface area contributed by atoms with Gasteiger partial charge in [0.2, 0.25) is 0 Å². The summed E-state index contributed by atoms with van der Waals surface area (Å²) in [6.07, 6.45) is 0. The monoisotopic (exact) mass is 210 g/mol. The van der Waals surface area contributed by atoms with Crippen molar-refractivity contribution < 1.29 is 4.39 Å². The van der Waals surface area contributed by atoms with Crippen LogP contribution in [-0.2, 0) is 6.54 Å². The molecule has 1 aromatic rings. The molecule has 84 valence electrons. The van der Waals surface area contributed by atoms with Crippen LogP contribution in [0.15, 0.2) is 24.3 Å². The minimum atomic E-state index is -0.193. The molecule has 2 nitrogen and oxygen atoms in total. The Morgan fingerprint density at radius 3 is 2.40 bits per heavy atom. The normalized spacial score (nSPS) is 11.7. The summed E-state index contributed by atoms with van der Waals surface area (Å²) in [6.45, 7) is 6.50. The summed E-state index contributed by atoms with van der Waals surface area (Å²) in [7, 11) is 0. The maximum atomic E-state index is 12.6. The first-order valence-electron chi connectivity index (χ1n) is 5.19. The van der Waals surface area contributed by atoms with Crippen LogP contribution in [0.5, 0.6) is 0 Å². The van der Waals surface area contributed by atoms with Crippen LogP contribution < -0.4 is 11.1 Å². The lowest BCUT2D eigenvalue weighted by atomic mass is 9.94. The van der Waals surface area contributed by atoms with Crippen molar-refractivity contribution in [2.45, 2.75) is 20.4 Å². The highest BCUT2D eigenvalue weighted by Crippen LogP contribution is 2.10. The number of hydrogen-bond donors (Lipinski definition) is 2. The van der Waals surface area contributed by atoms with Crippen LogP contribution in [0.2, 0.25) is 0 Å². The third-order valence-electron chi connectivity index (χ3n) is 2.40. The van der Waals surface area contributed by atoms with Gasteiger partial charge in [0, 0.05) is 13.1 Å². The van der Waals surface area contributed by atoms with Crippen LogP contribution in [0, 0.1) is 11.2 Å².